The SMILES string of the molecule is CCCCC[C@H](O)/C=C\[C@@H]1[C@@H](CC(=O)CCC(=O)O)[C@@H](O)C[C@H]1O. The Labute approximate surface area is 143 Å². The summed E-state index contributed by atoms with van der Waals surface area (Å²) < 4.78 is 0. The lowest BCUT2D eigenvalue weighted by Crippen LogP contribution is -2.24. The van der Waals surface area contributed by atoms with Crippen molar-refractivity contribution in [2.24, 2.45) is 11.8 Å². The second-order valence-corrected chi connectivity index (χ2v) is 6.70. The van der Waals surface area contributed by atoms with Gasteiger partial charge in [0.25, 0.3) is 0 Å². The van der Waals surface area contributed by atoms with E-state index in [1.807, 2.05) is 0 Å². The number of hydrogen-bond donors (Lipinski definition) is 4. The molecular formula is C18H30O6. The lowest BCUT2D eigenvalue weighted by atomic mass is 9.87. The van der Waals surface area contributed by atoms with Crippen molar-refractivity contribution < 1.29 is 30.0 Å². The molecule has 1 rings (SSSR count). The largest absolute Gasteiger partial charge is 0.481 e. The fourth-order valence-corrected chi connectivity index (χ4v) is 3.23. The number of carboxylic acids is 1. The topological polar surface area (TPSA) is 115 Å². The Kier molecular flexibility index (Phi) is 9.18. The van der Waals surface area contributed by atoms with E-state index in [4.69, 9.17) is 5.11 Å². The molecule has 0 bridgehead atoms. The molecule has 1 saturated carbocycles. The molecule has 1 aliphatic carbocycles. The van der Waals surface area contributed by atoms with Gasteiger partial charge in [-0.1, -0.05) is 38.3 Å². The number of ketones is 1. The molecule has 1 aliphatic rings. The minimum Gasteiger partial charge on any atom is -0.481 e. The Morgan fingerprint density at radius 3 is 2.50 bits per heavy atom. The molecular weight excluding hydrogens is 312 g/mol. The molecule has 0 saturated heterocycles. The molecule has 138 valence electrons. The average Bonchev–Trinajstić information content (AvgIpc) is 2.77. The van der Waals surface area contributed by atoms with Gasteiger partial charge in [0, 0.05) is 31.1 Å². The van der Waals surface area contributed by atoms with Gasteiger partial charge in [-0.2, -0.15) is 0 Å². The van der Waals surface area contributed by atoms with Crippen LogP contribution in [0.2, 0.25) is 0 Å². The molecule has 0 heterocycles. The molecule has 5 atom stereocenters. The number of rotatable bonds is 11. The Bertz CT molecular complexity index is 433. The zero-order chi connectivity index (χ0) is 18.1. The van der Waals surface area contributed by atoms with Crippen molar-refractivity contribution in [1.82, 2.24) is 0 Å². The lowest BCUT2D eigenvalue weighted by Gasteiger charge is -2.20. The van der Waals surface area contributed by atoms with Gasteiger partial charge in [-0.25, -0.2) is 0 Å². The van der Waals surface area contributed by atoms with Crippen molar-refractivity contribution in [2.45, 2.75) is 76.6 Å². The third-order valence-corrected chi connectivity index (χ3v) is 4.66. The first kappa shape index (κ1) is 20.8. The molecule has 0 aliphatic heterocycles. The van der Waals surface area contributed by atoms with Gasteiger partial charge in [-0.3, -0.25) is 9.59 Å². The molecule has 0 amide bonds. The van der Waals surface area contributed by atoms with Gasteiger partial charge < -0.3 is 20.4 Å². The standard InChI is InChI=1S/C18H30O6/c1-2-3-4-5-12(19)6-8-14-15(17(22)11-16(14)21)10-13(20)7-9-18(23)24/h6,8,12,14-17,19,21-22H,2-5,7,9-11H2,1H3,(H,23,24)/b8-6-/t12-,14+,15+,16+,17-/m0/s1. The number of unbranched alkanes of at least 4 members (excludes halogenated alkanes) is 2. The molecule has 1 fully saturated rings. The first-order chi connectivity index (χ1) is 11.3. The predicted molar refractivity (Wildman–Crippen MR) is 89.4 cm³/mol. The van der Waals surface area contributed by atoms with E-state index in [0.717, 1.165) is 19.3 Å². The molecule has 0 aromatic carbocycles. The van der Waals surface area contributed by atoms with Crippen LogP contribution in [0.25, 0.3) is 0 Å². The lowest BCUT2D eigenvalue weighted by molar-refractivity contribution is -0.138. The van der Waals surface area contributed by atoms with Gasteiger partial charge >= 0.3 is 5.97 Å². The normalized spacial score (nSPS) is 28.3. The van der Waals surface area contributed by atoms with Crippen molar-refractivity contribution in [1.29, 1.82) is 0 Å². The fourth-order valence-electron chi connectivity index (χ4n) is 3.23. The highest BCUT2D eigenvalue weighted by Crippen LogP contribution is 2.36. The molecule has 0 aromatic rings. The highest BCUT2D eigenvalue weighted by atomic mass is 16.4. The molecule has 4 N–H and O–H groups in total. The van der Waals surface area contributed by atoms with Crippen LogP contribution >= 0.6 is 0 Å². The third kappa shape index (κ3) is 7.11. The minimum absolute atomic E-state index is 0.0481. The quantitative estimate of drug-likeness (QED) is 0.335. The van der Waals surface area contributed by atoms with Crippen LogP contribution in [0.4, 0.5) is 0 Å². The first-order valence-corrected chi connectivity index (χ1v) is 8.81. The van der Waals surface area contributed by atoms with E-state index >= 15 is 0 Å². The van der Waals surface area contributed by atoms with Crippen LogP contribution in [0.15, 0.2) is 12.2 Å². The Hall–Kier alpha value is -1.24. The van der Waals surface area contributed by atoms with Gasteiger partial charge in [-0.15, -0.1) is 0 Å². The molecule has 0 unspecified atom stereocenters. The third-order valence-electron chi connectivity index (χ3n) is 4.66. The van der Waals surface area contributed by atoms with E-state index in [0.29, 0.717) is 6.42 Å². The maximum atomic E-state index is 11.9. The molecule has 0 radical (unpaired) electrons. The Morgan fingerprint density at radius 1 is 1.17 bits per heavy atom. The number of Topliss-reactive ketones (excluding diaryl/α,β-unsaturated/α-hetero) is 1. The summed E-state index contributed by atoms with van der Waals surface area (Å²) in [6.45, 7) is 2.09. The summed E-state index contributed by atoms with van der Waals surface area (Å²) in [5.41, 5.74) is 0. The minimum atomic E-state index is -1.03. The summed E-state index contributed by atoms with van der Waals surface area (Å²) in [6, 6.07) is 0. The predicted octanol–water partition coefficient (Wildman–Crippen LogP) is 1.67. The maximum absolute atomic E-state index is 11.9. The summed E-state index contributed by atoms with van der Waals surface area (Å²) in [7, 11) is 0. The average molecular weight is 342 g/mol. The molecule has 6 heteroatoms. The monoisotopic (exact) mass is 342 g/mol. The summed E-state index contributed by atoms with van der Waals surface area (Å²) in [5, 5.41) is 38.7. The van der Waals surface area contributed by atoms with Crippen LogP contribution in [-0.2, 0) is 9.59 Å². The first-order valence-electron chi connectivity index (χ1n) is 8.81. The highest BCUT2D eigenvalue weighted by Gasteiger charge is 2.41. The van der Waals surface area contributed by atoms with Gasteiger partial charge in [0.2, 0.25) is 0 Å². The van der Waals surface area contributed by atoms with Crippen LogP contribution in [0.1, 0.15) is 58.3 Å². The number of carbonyl (C=O) groups excluding carboxylic acids is 1. The summed E-state index contributed by atoms with van der Waals surface area (Å²) in [5.74, 6) is -2.07. The fraction of sp³-hybridized carbons (Fsp3) is 0.778. The Morgan fingerprint density at radius 2 is 1.88 bits per heavy atom. The van der Waals surface area contributed by atoms with Crippen molar-refractivity contribution in [2.75, 3.05) is 0 Å². The van der Waals surface area contributed by atoms with Crippen molar-refractivity contribution in [3.63, 3.8) is 0 Å². The number of carboxylic acid groups (broad SMARTS) is 1. The van der Waals surface area contributed by atoms with E-state index < -0.39 is 36.1 Å². The number of carbonyl (C=O) groups is 2. The van der Waals surface area contributed by atoms with E-state index in [2.05, 4.69) is 6.92 Å². The second-order valence-electron chi connectivity index (χ2n) is 6.70. The van der Waals surface area contributed by atoms with E-state index in [9.17, 15) is 24.9 Å². The second kappa shape index (κ2) is 10.6. The van der Waals surface area contributed by atoms with Crippen molar-refractivity contribution in [3.05, 3.63) is 12.2 Å². The van der Waals surface area contributed by atoms with E-state index in [1.165, 1.54) is 0 Å². The van der Waals surface area contributed by atoms with Crippen LogP contribution in [0.3, 0.4) is 0 Å². The molecule has 6 nitrogen and oxygen atoms in total. The van der Waals surface area contributed by atoms with Crippen molar-refractivity contribution >= 4 is 11.8 Å². The van der Waals surface area contributed by atoms with E-state index in [-0.39, 0.29) is 31.5 Å². The van der Waals surface area contributed by atoms with Crippen molar-refractivity contribution in [3.8, 4) is 0 Å². The smallest absolute Gasteiger partial charge is 0.303 e. The van der Waals surface area contributed by atoms with Gasteiger partial charge in [0.15, 0.2) is 0 Å². The summed E-state index contributed by atoms with van der Waals surface area (Å²) in [6.07, 6.45) is 4.86. The van der Waals surface area contributed by atoms with Crippen LogP contribution in [0.5, 0.6) is 0 Å². The van der Waals surface area contributed by atoms with E-state index in [1.54, 1.807) is 12.2 Å². The maximum Gasteiger partial charge on any atom is 0.303 e. The van der Waals surface area contributed by atoms with Gasteiger partial charge in [0.05, 0.1) is 24.7 Å². The number of hydrogen-bond acceptors (Lipinski definition) is 5. The molecule has 24 heavy (non-hydrogen) atoms. The molecule has 0 spiro atoms. The Balaban J connectivity index is 2.58. The van der Waals surface area contributed by atoms with Crippen LogP contribution < -0.4 is 0 Å². The highest BCUT2D eigenvalue weighted by molar-refractivity contribution is 5.82. The molecule has 0 aromatic heterocycles. The van der Waals surface area contributed by atoms with Gasteiger partial charge in [-0.05, 0) is 6.42 Å². The number of aliphatic carboxylic acids is 1. The number of aliphatic hydroxyl groups is 3. The summed E-state index contributed by atoms with van der Waals surface area (Å²) in [4.78, 5) is 22.4. The number of aliphatic hydroxyl groups excluding tert-OH is 3. The zero-order valence-corrected chi connectivity index (χ0v) is 14.3. The van der Waals surface area contributed by atoms with Crippen LogP contribution in [0, 0.1) is 11.8 Å². The zero-order valence-electron chi connectivity index (χ0n) is 14.3. The van der Waals surface area contributed by atoms with Gasteiger partial charge in [0.1, 0.15) is 5.78 Å². The summed E-state index contributed by atoms with van der Waals surface area (Å²) >= 11 is 0. The van der Waals surface area contributed by atoms with Crippen LogP contribution in [-0.4, -0.2) is 50.5 Å².